The molecule has 134 valence electrons. The van der Waals surface area contributed by atoms with E-state index in [0.717, 1.165) is 5.56 Å². The third-order valence-corrected chi connectivity index (χ3v) is 4.73. The Bertz CT molecular complexity index is 896. The Balaban J connectivity index is 1.61. The fourth-order valence-corrected chi connectivity index (χ4v) is 3.32. The molecule has 3 aromatic rings. The Labute approximate surface area is 154 Å². The second-order valence-corrected chi connectivity index (χ2v) is 6.67. The van der Waals surface area contributed by atoms with Gasteiger partial charge in [-0.2, -0.15) is 0 Å². The number of halogens is 2. The topological polar surface area (TPSA) is 38.1 Å². The maximum atomic E-state index is 13.4. The first kappa shape index (κ1) is 18.1. The van der Waals surface area contributed by atoms with Crippen molar-refractivity contribution in [2.45, 2.75) is 11.7 Å². The smallest absolute Gasteiger partial charge is 0.233 e. The van der Waals surface area contributed by atoms with E-state index in [2.05, 4.69) is 4.98 Å². The molecular formula is C19H17F2N3OS. The highest BCUT2D eigenvalue weighted by molar-refractivity contribution is 7.99. The number of hydrogen-bond donors (Lipinski definition) is 0. The molecule has 26 heavy (non-hydrogen) atoms. The summed E-state index contributed by atoms with van der Waals surface area (Å²) in [7, 11) is 1.70. The zero-order chi connectivity index (χ0) is 18.5. The predicted molar refractivity (Wildman–Crippen MR) is 97.1 cm³/mol. The molecule has 1 amide bonds. The van der Waals surface area contributed by atoms with Crippen molar-refractivity contribution >= 4 is 17.7 Å². The van der Waals surface area contributed by atoms with Gasteiger partial charge in [0.05, 0.1) is 11.4 Å². The zero-order valence-corrected chi connectivity index (χ0v) is 14.9. The monoisotopic (exact) mass is 373 g/mol. The summed E-state index contributed by atoms with van der Waals surface area (Å²) in [5, 5.41) is 0.610. The van der Waals surface area contributed by atoms with E-state index in [4.69, 9.17) is 0 Å². The zero-order valence-electron chi connectivity index (χ0n) is 14.1. The standard InChI is InChI=1S/C19H17F2N3OS/c1-23(12-14-5-7-15(20)8-6-14)18(25)13-26-19-22-9-10-24(19)17-4-2-3-16(21)11-17/h2-11H,12-13H2,1H3. The van der Waals surface area contributed by atoms with E-state index >= 15 is 0 Å². The van der Waals surface area contributed by atoms with Crippen LogP contribution in [-0.2, 0) is 11.3 Å². The van der Waals surface area contributed by atoms with Crippen molar-refractivity contribution < 1.29 is 13.6 Å². The summed E-state index contributed by atoms with van der Waals surface area (Å²) in [6.45, 7) is 0.401. The van der Waals surface area contributed by atoms with Gasteiger partial charge in [-0.05, 0) is 35.9 Å². The van der Waals surface area contributed by atoms with E-state index in [-0.39, 0.29) is 23.3 Å². The maximum absolute atomic E-state index is 13.4. The van der Waals surface area contributed by atoms with Crippen LogP contribution in [0.1, 0.15) is 5.56 Å². The minimum absolute atomic E-state index is 0.0758. The minimum Gasteiger partial charge on any atom is -0.341 e. The number of nitrogens with zero attached hydrogens (tertiary/aromatic N) is 3. The molecule has 0 atom stereocenters. The van der Waals surface area contributed by atoms with E-state index in [1.54, 1.807) is 53.2 Å². The first-order chi connectivity index (χ1) is 12.5. The lowest BCUT2D eigenvalue weighted by atomic mass is 10.2. The number of hydrogen-bond acceptors (Lipinski definition) is 3. The average molecular weight is 373 g/mol. The number of benzene rings is 2. The van der Waals surface area contributed by atoms with Gasteiger partial charge >= 0.3 is 0 Å². The van der Waals surface area contributed by atoms with E-state index in [1.165, 1.54) is 36.0 Å². The third kappa shape index (κ3) is 4.49. The molecule has 0 aliphatic carbocycles. The molecule has 0 unspecified atom stereocenters. The number of rotatable bonds is 6. The van der Waals surface area contributed by atoms with Crippen molar-refractivity contribution in [2.75, 3.05) is 12.8 Å². The fraction of sp³-hybridized carbons (Fsp3) is 0.158. The molecule has 1 heterocycles. The Morgan fingerprint density at radius 3 is 2.65 bits per heavy atom. The molecule has 0 N–H and O–H groups in total. The van der Waals surface area contributed by atoms with Crippen molar-refractivity contribution in [3.05, 3.63) is 78.1 Å². The van der Waals surface area contributed by atoms with Crippen molar-refractivity contribution in [1.82, 2.24) is 14.5 Å². The second-order valence-electron chi connectivity index (χ2n) is 5.72. The highest BCUT2D eigenvalue weighted by Crippen LogP contribution is 2.21. The summed E-state index contributed by atoms with van der Waals surface area (Å²) in [6.07, 6.45) is 3.34. The van der Waals surface area contributed by atoms with E-state index < -0.39 is 0 Å². The highest BCUT2D eigenvalue weighted by Gasteiger charge is 2.13. The molecule has 0 radical (unpaired) electrons. The molecule has 0 fully saturated rings. The van der Waals surface area contributed by atoms with Crippen LogP contribution < -0.4 is 0 Å². The van der Waals surface area contributed by atoms with Crippen LogP contribution in [0.5, 0.6) is 0 Å². The second kappa shape index (κ2) is 8.14. The van der Waals surface area contributed by atoms with Crippen LogP contribution in [0, 0.1) is 11.6 Å². The number of carbonyl (C=O) groups excluding carboxylic acids is 1. The Morgan fingerprint density at radius 1 is 1.15 bits per heavy atom. The van der Waals surface area contributed by atoms with Crippen molar-refractivity contribution in [1.29, 1.82) is 0 Å². The van der Waals surface area contributed by atoms with Gasteiger partial charge in [-0.15, -0.1) is 0 Å². The van der Waals surface area contributed by atoms with Crippen LogP contribution in [0.15, 0.2) is 66.1 Å². The van der Waals surface area contributed by atoms with Crippen LogP contribution in [0.3, 0.4) is 0 Å². The van der Waals surface area contributed by atoms with Gasteiger partial charge in [0, 0.05) is 26.0 Å². The lowest BCUT2D eigenvalue weighted by Crippen LogP contribution is -2.27. The molecule has 0 aliphatic heterocycles. The number of thioether (sulfide) groups is 1. The molecule has 1 aromatic heterocycles. The van der Waals surface area contributed by atoms with Crippen LogP contribution in [-0.4, -0.2) is 33.2 Å². The summed E-state index contributed by atoms with van der Waals surface area (Å²) in [5.41, 5.74) is 1.51. The minimum atomic E-state index is -0.331. The molecule has 2 aromatic carbocycles. The summed E-state index contributed by atoms with van der Waals surface area (Å²) in [4.78, 5) is 18.2. The maximum Gasteiger partial charge on any atom is 0.233 e. The van der Waals surface area contributed by atoms with E-state index in [1.807, 2.05) is 0 Å². The molecule has 0 saturated heterocycles. The average Bonchev–Trinajstić information content (AvgIpc) is 3.10. The van der Waals surface area contributed by atoms with Gasteiger partial charge < -0.3 is 4.90 Å². The summed E-state index contributed by atoms with van der Waals surface area (Å²) in [5.74, 6) is -0.512. The van der Waals surface area contributed by atoms with Gasteiger partial charge in [0.1, 0.15) is 11.6 Å². The molecule has 0 saturated carbocycles. The Hall–Kier alpha value is -2.67. The Morgan fingerprint density at radius 2 is 1.92 bits per heavy atom. The molecule has 4 nitrogen and oxygen atoms in total. The van der Waals surface area contributed by atoms with Crippen LogP contribution in [0.2, 0.25) is 0 Å². The van der Waals surface area contributed by atoms with Gasteiger partial charge in [-0.1, -0.05) is 30.0 Å². The lowest BCUT2D eigenvalue weighted by molar-refractivity contribution is -0.127. The molecule has 0 bridgehead atoms. The lowest BCUT2D eigenvalue weighted by Gasteiger charge is -2.17. The summed E-state index contributed by atoms with van der Waals surface area (Å²) < 4.78 is 28.1. The number of aromatic nitrogens is 2. The largest absolute Gasteiger partial charge is 0.341 e. The number of amides is 1. The van der Waals surface area contributed by atoms with Gasteiger partial charge in [0.25, 0.3) is 0 Å². The van der Waals surface area contributed by atoms with Crippen LogP contribution in [0.4, 0.5) is 8.78 Å². The molecular weight excluding hydrogens is 356 g/mol. The van der Waals surface area contributed by atoms with Gasteiger partial charge in [-0.3, -0.25) is 9.36 Å². The molecule has 7 heteroatoms. The normalized spacial score (nSPS) is 10.7. The van der Waals surface area contributed by atoms with Crippen LogP contribution in [0.25, 0.3) is 5.69 Å². The number of carbonyl (C=O) groups is 1. The van der Waals surface area contributed by atoms with Crippen molar-refractivity contribution in [3.8, 4) is 5.69 Å². The quantitative estimate of drug-likeness (QED) is 0.615. The van der Waals surface area contributed by atoms with Gasteiger partial charge in [0.15, 0.2) is 5.16 Å². The molecule has 0 aliphatic rings. The van der Waals surface area contributed by atoms with Gasteiger partial charge in [0.2, 0.25) is 5.91 Å². The SMILES string of the molecule is CN(Cc1ccc(F)cc1)C(=O)CSc1nccn1-c1cccc(F)c1. The Kier molecular flexibility index (Phi) is 5.68. The number of imidazole rings is 1. The van der Waals surface area contributed by atoms with Gasteiger partial charge in [-0.25, -0.2) is 13.8 Å². The fourth-order valence-electron chi connectivity index (χ4n) is 2.41. The summed E-state index contributed by atoms with van der Waals surface area (Å²) in [6, 6.07) is 12.2. The molecule has 0 spiro atoms. The van der Waals surface area contributed by atoms with Crippen molar-refractivity contribution in [3.63, 3.8) is 0 Å². The van der Waals surface area contributed by atoms with Crippen LogP contribution >= 0.6 is 11.8 Å². The van der Waals surface area contributed by atoms with E-state index in [0.29, 0.717) is 17.4 Å². The summed E-state index contributed by atoms with van der Waals surface area (Å²) >= 11 is 1.28. The first-order valence-electron chi connectivity index (χ1n) is 7.93. The highest BCUT2D eigenvalue weighted by atomic mass is 32.2. The third-order valence-electron chi connectivity index (χ3n) is 3.78. The van der Waals surface area contributed by atoms with Crippen molar-refractivity contribution in [2.24, 2.45) is 0 Å². The first-order valence-corrected chi connectivity index (χ1v) is 8.92. The predicted octanol–water partition coefficient (Wildman–Crippen LogP) is 3.90. The van der Waals surface area contributed by atoms with E-state index in [9.17, 15) is 13.6 Å². The molecule has 3 rings (SSSR count).